The van der Waals surface area contributed by atoms with Crippen molar-refractivity contribution in [1.82, 2.24) is 9.55 Å². The van der Waals surface area contributed by atoms with Gasteiger partial charge in [0.15, 0.2) is 0 Å². The molecule has 0 saturated carbocycles. The van der Waals surface area contributed by atoms with Gasteiger partial charge in [-0.3, -0.25) is 14.2 Å². The van der Waals surface area contributed by atoms with Gasteiger partial charge < -0.3 is 4.90 Å². The van der Waals surface area contributed by atoms with Crippen LogP contribution in [0.4, 0.5) is 5.69 Å². The van der Waals surface area contributed by atoms with Gasteiger partial charge in [-0.15, -0.1) is 0 Å². The summed E-state index contributed by atoms with van der Waals surface area (Å²) in [6.07, 6.45) is 3.99. The van der Waals surface area contributed by atoms with Crippen LogP contribution in [-0.2, 0) is 13.0 Å². The van der Waals surface area contributed by atoms with Crippen LogP contribution in [0.25, 0.3) is 10.9 Å². The Labute approximate surface area is 164 Å². The number of nitrogens with zero attached hydrogens (tertiary/aromatic N) is 3. The lowest BCUT2D eigenvalue weighted by atomic mass is 10.1. The van der Waals surface area contributed by atoms with Gasteiger partial charge in [0.2, 0.25) is 0 Å². The van der Waals surface area contributed by atoms with Crippen LogP contribution in [0, 0.1) is 13.8 Å². The molecule has 1 aliphatic rings. The molecule has 0 bridgehead atoms. The van der Waals surface area contributed by atoms with Gasteiger partial charge in [-0.1, -0.05) is 12.5 Å². The molecule has 3 aromatic rings. The number of fused-ring (bicyclic) bond motifs is 2. The molecule has 1 aliphatic heterocycles. The third-order valence-corrected chi connectivity index (χ3v) is 5.75. The third kappa shape index (κ3) is 3.21. The minimum atomic E-state index is -0.109. The lowest BCUT2D eigenvalue weighted by molar-refractivity contribution is 0.0993. The Morgan fingerprint density at radius 1 is 1.04 bits per heavy atom. The summed E-state index contributed by atoms with van der Waals surface area (Å²) >= 11 is 0. The van der Waals surface area contributed by atoms with Crippen LogP contribution >= 0.6 is 0 Å². The molecule has 0 atom stereocenters. The smallest absolute Gasteiger partial charge is 0.261 e. The lowest BCUT2D eigenvalue weighted by Crippen LogP contribution is -2.27. The highest BCUT2D eigenvalue weighted by Gasteiger charge is 2.18. The normalized spacial score (nSPS) is 13.8. The first kappa shape index (κ1) is 18.4. The van der Waals surface area contributed by atoms with Crippen LogP contribution in [0.2, 0.25) is 0 Å². The quantitative estimate of drug-likeness (QED) is 0.680. The topological polar surface area (TPSA) is 55.2 Å². The second kappa shape index (κ2) is 7.23. The van der Waals surface area contributed by atoms with E-state index in [1.54, 1.807) is 34.7 Å². The number of amides is 1. The Morgan fingerprint density at radius 2 is 1.86 bits per heavy atom. The van der Waals surface area contributed by atoms with Crippen molar-refractivity contribution in [2.75, 3.05) is 11.9 Å². The molecule has 0 radical (unpaired) electrons. The number of carbonyl (C=O) groups excluding carboxylic acids is 1. The maximum atomic E-state index is 13.0. The Hall–Kier alpha value is -2.95. The van der Waals surface area contributed by atoms with Crippen molar-refractivity contribution < 1.29 is 4.79 Å². The third-order valence-electron chi connectivity index (χ3n) is 5.75. The van der Waals surface area contributed by atoms with Gasteiger partial charge in [0, 0.05) is 31.3 Å². The molecule has 1 amide bonds. The summed E-state index contributed by atoms with van der Waals surface area (Å²) in [4.78, 5) is 32.3. The van der Waals surface area contributed by atoms with E-state index >= 15 is 0 Å². The zero-order valence-corrected chi connectivity index (χ0v) is 16.7. The van der Waals surface area contributed by atoms with Crippen molar-refractivity contribution in [1.29, 1.82) is 0 Å². The molecule has 0 fully saturated rings. The molecule has 4 rings (SSSR count). The lowest BCUT2D eigenvalue weighted by Gasteiger charge is -2.19. The van der Waals surface area contributed by atoms with Crippen LogP contribution in [0.5, 0.6) is 0 Å². The van der Waals surface area contributed by atoms with E-state index in [2.05, 4.69) is 6.92 Å². The first-order chi connectivity index (χ1) is 13.5. The summed E-state index contributed by atoms with van der Waals surface area (Å²) in [5, 5.41) is 0.580. The summed E-state index contributed by atoms with van der Waals surface area (Å²) in [5.74, 6) is 0.726. The van der Waals surface area contributed by atoms with E-state index in [4.69, 9.17) is 4.98 Å². The average Bonchev–Trinajstić information content (AvgIpc) is 2.94. The number of carbonyl (C=O) groups is 1. The molecule has 0 saturated heterocycles. The van der Waals surface area contributed by atoms with E-state index in [1.165, 1.54) is 5.56 Å². The van der Waals surface area contributed by atoms with Crippen molar-refractivity contribution in [2.45, 2.75) is 46.1 Å². The van der Waals surface area contributed by atoms with E-state index in [9.17, 15) is 9.59 Å². The Kier molecular flexibility index (Phi) is 4.75. The number of anilines is 1. The first-order valence-electron chi connectivity index (χ1n) is 9.84. The predicted octanol–water partition coefficient (Wildman–Crippen LogP) is 4.02. The van der Waals surface area contributed by atoms with E-state index in [0.717, 1.165) is 49.3 Å². The molecule has 0 aliphatic carbocycles. The van der Waals surface area contributed by atoms with Crippen LogP contribution < -0.4 is 10.5 Å². The van der Waals surface area contributed by atoms with Crippen LogP contribution in [0.3, 0.4) is 0 Å². The van der Waals surface area contributed by atoms with Gasteiger partial charge in [0.05, 0.1) is 10.9 Å². The van der Waals surface area contributed by atoms with Crippen molar-refractivity contribution in [3.05, 3.63) is 69.3 Å². The molecule has 1 aromatic heterocycles. The van der Waals surface area contributed by atoms with Gasteiger partial charge >= 0.3 is 0 Å². The van der Waals surface area contributed by atoms with E-state index < -0.39 is 0 Å². The van der Waals surface area contributed by atoms with E-state index in [1.807, 2.05) is 25.1 Å². The highest BCUT2D eigenvalue weighted by Crippen LogP contribution is 2.21. The molecule has 144 valence electrons. The molecule has 28 heavy (non-hydrogen) atoms. The van der Waals surface area contributed by atoms with Crippen LogP contribution in [-0.4, -0.2) is 22.5 Å². The van der Waals surface area contributed by atoms with Crippen molar-refractivity contribution in [3.63, 3.8) is 0 Å². The monoisotopic (exact) mass is 375 g/mol. The molecule has 5 heteroatoms. The second-order valence-electron chi connectivity index (χ2n) is 7.66. The molecular weight excluding hydrogens is 350 g/mol. The predicted molar refractivity (Wildman–Crippen MR) is 112 cm³/mol. The highest BCUT2D eigenvalue weighted by atomic mass is 16.2. The van der Waals surface area contributed by atoms with Gasteiger partial charge in [-0.05, 0) is 68.1 Å². The molecule has 2 heterocycles. The largest absolute Gasteiger partial charge is 0.311 e. The summed E-state index contributed by atoms with van der Waals surface area (Å²) in [7, 11) is 1.77. The van der Waals surface area contributed by atoms with Crippen molar-refractivity contribution in [2.24, 2.45) is 0 Å². The summed E-state index contributed by atoms with van der Waals surface area (Å²) in [6.45, 7) is 4.82. The number of aryl methyl sites for hydroxylation is 3. The maximum Gasteiger partial charge on any atom is 0.261 e. The SMILES string of the molecule is Cc1ccc(N(C)C(=O)c2ccc3c(=O)n4c(nc3c2)CCCCC4)cc1C. The van der Waals surface area contributed by atoms with Gasteiger partial charge in [-0.25, -0.2) is 4.98 Å². The molecule has 0 N–H and O–H groups in total. The molecule has 0 spiro atoms. The fraction of sp³-hybridized carbons (Fsp3) is 0.348. The number of benzene rings is 2. The van der Waals surface area contributed by atoms with Gasteiger partial charge in [0.1, 0.15) is 5.82 Å². The van der Waals surface area contributed by atoms with Gasteiger partial charge in [0.25, 0.3) is 11.5 Å². The van der Waals surface area contributed by atoms with Gasteiger partial charge in [-0.2, -0.15) is 0 Å². The maximum absolute atomic E-state index is 13.0. The first-order valence-corrected chi connectivity index (χ1v) is 9.84. The number of hydrogen-bond acceptors (Lipinski definition) is 3. The zero-order valence-electron chi connectivity index (χ0n) is 16.7. The van der Waals surface area contributed by atoms with Crippen LogP contribution in [0.1, 0.15) is 46.6 Å². The molecule has 2 aromatic carbocycles. The fourth-order valence-electron chi connectivity index (χ4n) is 3.80. The molecule has 0 unspecified atom stereocenters. The minimum absolute atomic E-state index is 0.00316. The molecule has 5 nitrogen and oxygen atoms in total. The summed E-state index contributed by atoms with van der Waals surface area (Å²) in [5.41, 5.74) is 4.34. The highest BCUT2D eigenvalue weighted by molar-refractivity contribution is 6.07. The Morgan fingerprint density at radius 3 is 2.64 bits per heavy atom. The van der Waals surface area contributed by atoms with Crippen molar-refractivity contribution in [3.8, 4) is 0 Å². The minimum Gasteiger partial charge on any atom is -0.311 e. The second-order valence-corrected chi connectivity index (χ2v) is 7.66. The number of hydrogen-bond donors (Lipinski definition) is 0. The standard InChI is InChI=1S/C23H25N3O2/c1-15-8-10-18(13-16(15)2)25(3)22(27)17-9-11-19-20(14-17)24-21-7-5-4-6-12-26(21)23(19)28/h8-11,13-14H,4-7,12H2,1-3H3. The Bertz CT molecular complexity index is 1130. The number of aromatic nitrogens is 2. The number of rotatable bonds is 2. The molecular formula is C23H25N3O2. The van der Waals surface area contributed by atoms with Crippen LogP contribution in [0.15, 0.2) is 41.2 Å². The zero-order chi connectivity index (χ0) is 19.8. The van der Waals surface area contributed by atoms with E-state index in [-0.39, 0.29) is 11.5 Å². The van der Waals surface area contributed by atoms with E-state index in [0.29, 0.717) is 16.5 Å². The summed E-state index contributed by atoms with van der Waals surface area (Å²) < 4.78 is 1.80. The Balaban J connectivity index is 1.73. The van der Waals surface area contributed by atoms with Crippen molar-refractivity contribution >= 4 is 22.5 Å². The fourth-order valence-corrected chi connectivity index (χ4v) is 3.80. The summed E-state index contributed by atoms with van der Waals surface area (Å²) in [6, 6.07) is 11.2. The average molecular weight is 375 g/mol.